The molecule has 0 saturated carbocycles. The number of hydrogen-bond donors (Lipinski definition) is 1. The number of rotatable bonds is 5. The summed E-state index contributed by atoms with van der Waals surface area (Å²) in [5.74, 6) is -0.270. The molecular weight excluding hydrogens is 458 g/mol. The lowest BCUT2D eigenvalue weighted by molar-refractivity contribution is -0.113. The molecule has 0 radical (unpaired) electrons. The number of nitrogens with one attached hydrogen (secondary N) is 1. The molecule has 0 spiro atoms. The SMILES string of the molecule is CCn1cc(/C=c2/sc3n(c2=O)C(c2ccccc2)C(C(=O)Nc2ccccc2C)=C(C)N=3)cn1. The fourth-order valence-corrected chi connectivity index (χ4v) is 5.29. The molecule has 0 saturated heterocycles. The molecule has 7 nitrogen and oxygen atoms in total. The fraction of sp³-hybridized carbons (Fsp3) is 0.185. The summed E-state index contributed by atoms with van der Waals surface area (Å²) in [6, 6.07) is 16.7. The molecule has 2 aromatic heterocycles. The van der Waals surface area contributed by atoms with Crippen LogP contribution in [0.15, 0.2) is 88.0 Å². The quantitative estimate of drug-likeness (QED) is 0.472. The number of carbonyl (C=O) groups is 1. The molecule has 1 amide bonds. The van der Waals surface area contributed by atoms with Crippen LogP contribution in [0.2, 0.25) is 0 Å². The van der Waals surface area contributed by atoms with Crippen LogP contribution in [0.4, 0.5) is 5.69 Å². The van der Waals surface area contributed by atoms with Gasteiger partial charge in [-0.1, -0.05) is 59.9 Å². The molecule has 0 fully saturated rings. The number of carbonyl (C=O) groups excluding carboxylic acids is 1. The van der Waals surface area contributed by atoms with Gasteiger partial charge in [0.2, 0.25) is 0 Å². The summed E-state index contributed by atoms with van der Waals surface area (Å²) in [6.07, 6.45) is 5.47. The van der Waals surface area contributed by atoms with Crippen LogP contribution in [0, 0.1) is 6.92 Å². The largest absolute Gasteiger partial charge is 0.322 e. The number of allylic oxidation sites excluding steroid dienone is 1. The van der Waals surface area contributed by atoms with Crippen LogP contribution in [-0.4, -0.2) is 20.3 Å². The van der Waals surface area contributed by atoms with E-state index in [1.54, 1.807) is 10.8 Å². The first-order chi connectivity index (χ1) is 17.0. The van der Waals surface area contributed by atoms with Gasteiger partial charge >= 0.3 is 0 Å². The van der Waals surface area contributed by atoms with Crippen molar-refractivity contribution in [2.75, 3.05) is 5.32 Å². The molecule has 1 unspecified atom stereocenters. The third kappa shape index (κ3) is 4.28. The average Bonchev–Trinajstić information content (AvgIpc) is 3.44. The van der Waals surface area contributed by atoms with Gasteiger partial charge in [0.25, 0.3) is 11.5 Å². The van der Waals surface area contributed by atoms with Crippen LogP contribution in [0.1, 0.15) is 36.6 Å². The number of aromatic nitrogens is 3. The van der Waals surface area contributed by atoms with Crippen molar-refractivity contribution >= 4 is 29.0 Å². The second kappa shape index (κ2) is 9.31. The molecule has 1 atom stereocenters. The predicted molar refractivity (Wildman–Crippen MR) is 138 cm³/mol. The standard InChI is InChI=1S/C27H25N5O2S/c1-4-31-16-19(15-28-31)14-22-26(34)32-24(20-11-6-5-7-12-20)23(18(3)29-27(32)35-22)25(33)30-21-13-9-8-10-17(21)2/h5-16,24H,4H2,1-3H3,(H,30,33)/b22-14+. The number of thiazole rings is 1. The van der Waals surface area contributed by atoms with E-state index in [1.165, 1.54) is 11.3 Å². The molecule has 4 aromatic rings. The van der Waals surface area contributed by atoms with Gasteiger partial charge < -0.3 is 5.32 Å². The Morgan fingerprint density at radius 1 is 1.11 bits per heavy atom. The molecule has 1 aliphatic heterocycles. The van der Waals surface area contributed by atoms with E-state index < -0.39 is 6.04 Å². The van der Waals surface area contributed by atoms with Gasteiger partial charge in [0.15, 0.2) is 4.80 Å². The number of fused-ring (bicyclic) bond motifs is 1. The zero-order chi connectivity index (χ0) is 24.5. The van der Waals surface area contributed by atoms with Crippen LogP contribution in [-0.2, 0) is 11.3 Å². The van der Waals surface area contributed by atoms with Crippen LogP contribution in [0.5, 0.6) is 0 Å². The Labute approximate surface area is 206 Å². The highest BCUT2D eigenvalue weighted by molar-refractivity contribution is 7.07. The van der Waals surface area contributed by atoms with Gasteiger partial charge in [-0.3, -0.25) is 18.8 Å². The van der Waals surface area contributed by atoms with Crippen molar-refractivity contribution in [3.05, 3.63) is 115 Å². The van der Waals surface area contributed by atoms with E-state index >= 15 is 0 Å². The van der Waals surface area contributed by atoms with Gasteiger partial charge in [0.05, 0.1) is 28.0 Å². The molecule has 2 aromatic carbocycles. The summed E-state index contributed by atoms with van der Waals surface area (Å²) in [6.45, 7) is 6.53. The minimum Gasteiger partial charge on any atom is -0.322 e. The number of amides is 1. The maximum absolute atomic E-state index is 13.7. The van der Waals surface area contributed by atoms with E-state index in [0.717, 1.165) is 28.9 Å². The zero-order valence-corrected chi connectivity index (χ0v) is 20.5. The highest BCUT2D eigenvalue weighted by Crippen LogP contribution is 2.31. The summed E-state index contributed by atoms with van der Waals surface area (Å²) in [5, 5.41) is 7.32. The summed E-state index contributed by atoms with van der Waals surface area (Å²) < 4.78 is 4.00. The third-order valence-corrected chi connectivity index (χ3v) is 7.03. The van der Waals surface area contributed by atoms with Crippen LogP contribution in [0.25, 0.3) is 6.08 Å². The van der Waals surface area contributed by atoms with Crippen LogP contribution in [0.3, 0.4) is 0 Å². The molecular formula is C27H25N5O2S. The number of aryl methyl sites for hydroxylation is 2. The Balaban J connectivity index is 1.65. The van der Waals surface area contributed by atoms with Crippen LogP contribution >= 0.6 is 11.3 Å². The van der Waals surface area contributed by atoms with E-state index in [-0.39, 0.29) is 11.5 Å². The number of benzene rings is 2. The molecule has 176 valence electrons. The molecule has 0 aliphatic carbocycles. The Kier molecular flexibility index (Phi) is 6.05. The minimum atomic E-state index is -0.586. The summed E-state index contributed by atoms with van der Waals surface area (Å²) in [7, 11) is 0. The van der Waals surface area contributed by atoms with E-state index in [9.17, 15) is 9.59 Å². The van der Waals surface area contributed by atoms with E-state index in [2.05, 4.69) is 10.4 Å². The first kappa shape index (κ1) is 22.7. The third-order valence-electron chi connectivity index (χ3n) is 6.05. The average molecular weight is 484 g/mol. The van der Waals surface area contributed by atoms with Crippen LogP contribution < -0.4 is 20.2 Å². The van der Waals surface area contributed by atoms with Crippen molar-refractivity contribution < 1.29 is 4.79 Å². The molecule has 1 N–H and O–H groups in total. The fourth-order valence-electron chi connectivity index (χ4n) is 4.24. The topological polar surface area (TPSA) is 81.3 Å². The van der Waals surface area contributed by atoms with Gasteiger partial charge in [-0.15, -0.1) is 0 Å². The zero-order valence-electron chi connectivity index (χ0n) is 19.7. The lowest BCUT2D eigenvalue weighted by atomic mass is 9.95. The van der Waals surface area contributed by atoms with Gasteiger partial charge in [-0.05, 0) is 44.0 Å². The van der Waals surface area contributed by atoms with Crippen molar-refractivity contribution in [3.8, 4) is 0 Å². The Bertz CT molecular complexity index is 1630. The minimum absolute atomic E-state index is 0.180. The lowest BCUT2D eigenvalue weighted by Crippen LogP contribution is -2.40. The van der Waals surface area contributed by atoms with E-state index in [0.29, 0.717) is 20.6 Å². The summed E-state index contributed by atoms with van der Waals surface area (Å²) in [5.41, 5.74) is 4.26. The van der Waals surface area contributed by atoms with Gasteiger partial charge in [-0.2, -0.15) is 5.10 Å². The van der Waals surface area contributed by atoms with Gasteiger partial charge in [0, 0.05) is 24.0 Å². The Morgan fingerprint density at radius 3 is 2.57 bits per heavy atom. The maximum atomic E-state index is 13.7. The first-order valence-electron chi connectivity index (χ1n) is 11.4. The highest BCUT2D eigenvalue weighted by atomic mass is 32.1. The van der Waals surface area contributed by atoms with Gasteiger partial charge in [-0.25, -0.2) is 4.99 Å². The summed E-state index contributed by atoms with van der Waals surface area (Å²) >= 11 is 1.32. The first-order valence-corrected chi connectivity index (χ1v) is 12.2. The normalized spacial score (nSPS) is 15.6. The summed E-state index contributed by atoms with van der Waals surface area (Å²) in [4.78, 5) is 32.5. The molecule has 3 heterocycles. The predicted octanol–water partition coefficient (Wildman–Crippen LogP) is 3.40. The van der Waals surface area contributed by atoms with Crippen molar-refractivity contribution in [3.63, 3.8) is 0 Å². The second-order valence-electron chi connectivity index (χ2n) is 8.39. The molecule has 35 heavy (non-hydrogen) atoms. The van der Waals surface area contributed by atoms with Crippen molar-refractivity contribution in [1.29, 1.82) is 0 Å². The Hall–Kier alpha value is -4.04. The molecule has 0 bridgehead atoms. The van der Waals surface area contributed by atoms with Crippen molar-refractivity contribution in [2.24, 2.45) is 4.99 Å². The highest BCUT2D eigenvalue weighted by Gasteiger charge is 2.32. The molecule has 8 heteroatoms. The lowest BCUT2D eigenvalue weighted by Gasteiger charge is -2.25. The van der Waals surface area contributed by atoms with E-state index in [4.69, 9.17) is 4.99 Å². The van der Waals surface area contributed by atoms with Gasteiger partial charge in [0.1, 0.15) is 0 Å². The molecule has 5 rings (SSSR count). The monoisotopic (exact) mass is 483 g/mol. The van der Waals surface area contributed by atoms with Crippen molar-refractivity contribution in [1.82, 2.24) is 14.3 Å². The maximum Gasteiger partial charge on any atom is 0.271 e. The molecule has 1 aliphatic rings. The number of para-hydroxylation sites is 1. The number of hydrogen-bond acceptors (Lipinski definition) is 5. The van der Waals surface area contributed by atoms with Crippen molar-refractivity contribution in [2.45, 2.75) is 33.4 Å². The smallest absolute Gasteiger partial charge is 0.271 e. The Morgan fingerprint density at radius 2 is 1.86 bits per heavy atom. The number of nitrogens with zero attached hydrogens (tertiary/aromatic N) is 4. The van der Waals surface area contributed by atoms with E-state index in [1.807, 2.05) is 92.3 Å². The second-order valence-corrected chi connectivity index (χ2v) is 9.40. The number of anilines is 1.